The number of ether oxygens (including phenoxy) is 1. The average molecular weight is 439 g/mol. The summed E-state index contributed by atoms with van der Waals surface area (Å²) < 4.78 is 10.6. The maximum absolute atomic E-state index is 12.8. The number of furan rings is 1. The molecule has 1 atom stereocenters. The Labute approximate surface area is 180 Å². The number of hydrogen-bond donors (Lipinski definition) is 0. The molecule has 0 saturated carbocycles. The molecule has 3 aromatic rings. The number of carbonyl (C=O) groups excluding carboxylic acids is 2. The molecule has 1 aliphatic heterocycles. The molecule has 1 amide bonds. The highest BCUT2D eigenvalue weighted by Gasteiger charge is 2.35. The van der Waals surface area contributed by atoms with Crippen molar-refractivity contribution in [1.29, 1.82) is 0 Å². The van der Waals surface area contributed by atoms with Gasteiger partial charge in [0.15, 0.2) is 6.61 Å². The van der Waals surface area contributed by atoms with E-state index in [9.17, 15) is 19.7 Å². The van der Waals surface area contributed by atoms with Crippen molar-refractivity contribution < 1.29 is 23.7 Å². The van der Waals surface area contributed by atoms with Gasteiger partial charge in [0.1, 0.15) is 16.7 Å². The van der Waals surface area contributed by atoms with Gasteiger partial charge in [0.2, 0.25) is 0 Å². The molecule has 10 heteroatoms. The highest BCUT2D eigenvalue weighted by atomic mass is 32.1. The van der Waals surface area contributed by atoms with Gasteiger partial charge in [0.25, 0.3) is 5.91 Å². The zero-order chi connectivity index (χ0) is 22.0. The van der Waals surface area contributed by atoms with Gasteiger partial charge in [-0.05, 0) is 30.7 Å². The average Bonchev–Trinajstić information content (AvgIpc) is 3.52. The fraction of sp³-hybridized carbons (Fsp3) is 0.190. The van der Waals surface area contributed by atoms with Crippen LogP contribution < -0.4 is 0 Å². The third-order valence-corrected chi connectivity index (χ3v) is 5.74. The Balaban J connectivity index is 1.49. The van der Waals surface area contributed by atoms with Crippen LogP contribution in [0.1, 0.15) is 39.0 Å². The fourth-order valence-corrected chi connectivity index (χ4v) is 3.88. The molecule has 0 aliphatic carbocycles. The van der Waals surface area contributed by atoms with Gasteiger partial charge in [0, 0.05) is 12.5 Å². The van der Waals surface area contributed by atoms with E-state index in [0.29, 0.717) is 23.5 Å². The zero-order valence-electron chi connectivity index (χ0n) is 16.4. The van der Waals surface area contributed by atoms with E-state index < -0.39 is 29.4 Å². The predicted molar refractivity (Wildman–Crippen MR) is 112 cm³/mol. The maximum Gasteiger partial charge on any atom is 0.349 e. The first-order valence-corrected chi connectivity index (χ1v) is 10.2. The highest BCUT2D eigenvalue weighted by Crippen LogP contribution is 2.33. The van der Waals surface area contributed by atoms with Crippen molar-refractivity contribution in [3.8, 4) is 0 Å². The van der Waals surface area contributed by atoms with Crippen LogP contribution >= 0.6 is 11.3 Å². The summed E-state index contributed by atoms with van der Waals surface area (Å²) in [6.45, 7) is 1.44. The van der Waals surface area contributed by atoms with Crippen LogP contribution in [0, 0.1) is 17.0 Å². The first-order valence-electron chi connectivity index (χ1n) is 9.33. The number of thiophene rings is 1. The second-order valence-corrected chi connectivity index (χ2v) is 7.92. The lowest BCUT2D eigenvalue weighted by Gasteiger charge is -2.19. The van der Waals surface area contributed by atoms with Crippen LogP contribution in [-0.4, -0.2) is 34.1 Å². The number of hydrazone groups is 1. The Bertz CT molecular complexity index is 1150. The number of amides is 1. The predicted octanol–water partition coefficient (Wildman–Crippen LogP) is 4.09. The molecule has 9 nitrogen and oxygen atoms in total. The van der Waals surface area contributed by atoms with Crippen molar-refractivity contribution in [1.82, 2.24) is 5.01 Å². The Morgan fingerprint density at radius 1 is 1.26 bits per heavy atom. The summed E-state index contributed by atoms with van der Waals surface area (Å²) in [5.74, 6) is -0.759. The largest absolute Gasteiger partial charge is 0.467 e. The van der Waals surface area contributed by atoms with Crippen molar-refractivity contribution in [2.45, 2.75) is 19.4 Å². The quantitative estimate of drug-likeness (QED) is 0.324. The van der Waals surface area contributed by atoms with Gasteiger partial charge in [-0.1, -0.05) is 41.2 Å². The lowest BCUT2D eigenvalue weighted by molar-refractivity contribution is -0.380. The van der Waals surface area contributed by atoms with E-state index in [2.05, 4.69) is 5.10 Å². The van der Waals surface area contributed by atoms with Gasteiger partial charge in [-0.25, -0.2) is 9.80 Å². The summed E-state index contributed by atoms with van der Waals surface area (Å²) in [7, 11) is 0. The lowest BCUT2D eigenvalue weighted by Crippen LogP contribution is -2.31. The first kappa shape index (κ1) is 20.5. The molecule has 0 radical (unpaired) electrons. The fourth-order valence-electron chi connectivity index (χ4n) is 3.16. The number of benzene rings is 1. The maximum atomic E-state index is 12.8. The van der Waals surface area contributed by atoms with Gasteiger partial charge < -0.3 is 9.15 Å². The second kappa shape index (κ2) is 8.52. The van der Waals surface area contributed by atoms with Crippen LogP contribution in [0.2, 0.25) is 0 Å². The van der Waals surface area contributed by atoms with E-state index in [1.165, 1.54) is 23.4 Å². The van der Waals surface area contributed by atoms with Gasteiger partial charge >= 0.3 is 11.0 Å². The molecule has 0 N–H and O–H groups in total. The van der Waals surface area contributed by atoms with Crippen LogP contribution in [0.25, 0.3) is 0 Å². The number of carbonyl (C=O) groups is 2. The highest BCUT2D eigenvalue weighted by molar-refractivity contribution is 7.17. The summed E-state index contributed by atoms with van der Waals surface area (Å²) in [5.41, 5.74) is 2.72. The first-order chi connectivity index (χ1) is 14.9. The molecular weight excluding hydrogens is 422 g/mol. The molecule has 31 heavy (non-hydrogen) atoms. The van der Waals surface area contributed by atoms with Crippen molar-refractivity contribution >= 4 is 33.9 Å². The Morgan fingerprint density at radius 3 is 2.68 bits per heavy atom. The van der Waals surface area contributed by atoms with Crippen molar-refractivity contribution in [3.05, 3.63) is 86.7 Å². The van der Waals surface area contributed by atoms with Crippen LogP contribution in [0.15, 0.2) is 64.3 Å². The SMILES string of the molecule is Cc1ccc(C2=NN(C(=O)COC(=O)c3ccc([N+](=O)[O-])s3)[C@@H](c3ccco3)C2)cc1. The Morgan fingerprint density at radius 2 is 2.03 bits per heavy atom. The van der Waals surface area contributed by atoms with E-state index in [-0.39, 0.29) is 9.88 Å². The molecule has 158 valence electrons. The zero-order valence-corrected chi connectivity index (χ0v) is 17.2. The smallest absolute Gasteiger partial charge is 0.349 e. The monoisotopic (exact) mass is 439 g/mol. The van der Waals surface area contributed by atoms with Crippen molar-refractivity contribution in [3.63, 3.8) is 0 Å². The molecule has 0 fully saturated rings. The number of nitro groups is 1. The summed E-state index contributed by atoms with van der Waals surface area (Å²) in [6.07, 6.45) is 1.97. The van der Waals surface area contributed by atoms with E-state index in [4.69, 9.17) is 9.15 Å². The van der Waals surface area contributed by atoms with Gasteiger partial charge in [-0.15, -0.1) is 0 Å². The molecule has 0 spiro atoms. The molecule has 1 aliphatic rings. The molecule has 0 saturated heterocycles. The van der Waals surface area contributed by atoms with Crippen LogP contribution in [0.5, 0.6) is 0 Å². The minimum atomic E-state index is -0.803. The van der Waals surface area contributed by atoms with Crippen molar-refractivity contribution in [2.24, 2.45) is 5.10 Å². The Hall–Kier alpha value is -3.79. The molecule has 3 heterocycles. The topological polar surface area (TPSA) is 115 Å². The molecule has 0 unspecified atom stereocenters. The number of aryl methyl sites for hydroxylation is 1. The summed E-state index contributed by atoms with van der Waals surface area (Å²) in [5, 5.41) is 16.3. The van der Waals surface area contributed by atoms with E-state index >= 15 is 0 Å². The van der Waals surface area contributed by atoms with E-state index in [1.54, 1.807) is 12.1 Å². The number of rotatable bonds is 6. The van der Waals surface area contributed by atoms with E-state index in [0.717, 1.165) is 16.8 Å². The van der Waals surface area contributed by atoms with Gasteiger partial charge in [0.05, 0.1) is 16.9 Å². The second-order valence-electron chi connectivity index (χ2n) is 6.86. The standard InChI is InChI=1S/C21H17N3O6S/c1-13-4-6-14(7-5-13)15-11-16(17-3-2-10-29-17)23(22-15)19(25)12-30-21(26)18-8-9-20(31-18)24(27)28/h2-10,16H,11-12H2,1H3/t16-/m1/s1. The van der Waals surface area contributed by atoms with Crippen LogP contribution in [0.4, 0.5) is 5.00 Å². The number of nitrogens with zero attached hydrogens (tertiary/aromatic N) is 3. The minimum absolute atomic E-state index is 0.0485. The summed E-state index contributed by atoms with van der Waals surface area (Å²) >= 11 is 0.689. The normalized spacial score (nSPS) is 15.6. The lowest BCUT2D eigenvalue weighted by atomic mass is 10.0. The van der Waals surface area contributed by atoms with Gasteiger partial charge in [-0.3, -0.25) is 14.9 Å². The van der Waals surface area contributed by atoms with Crippen LogP contribution in [0.3, 0.4) is 0 Å². The number of esters is 1. The third-order valence-electron chi connectivity index (χ3n) is 4.72. The van der Waals surface area contributed by atoms with Crippen LogP contribution in [-0.2, 0) is 9.53 Å². The Kier molecular flexibility index (Phi) is 5.63. The van der Waals surface area contributed by atoms with E-state index in [1.807, 2.05) is 31.2 Å². The number of hydrogen-bond acceptors (Lipinski definition) is 8. The molecule has 4 rings (SSSR count). The molecule has 0 bridgehead atoms. The minimum Gasteiger partial charge on any atom is -0.467 e. The third kappa shape index (κ3) is 4.38. The summed E-state index contributed by atoms with van der Waals surface area (Å²) in [6, 6.07) is 13.3. The molecule has 2 aromatic heterocycles. The van der Waals surface area contributed by atoms with Gasteiger partial charge in [-0.2, -0.15) is 5.10 Å². The van der Waals surface area contributed by atoms with Crippen molar-refractivity contribution in [2.75, 3.05) is 6.61 Å². The molecule has 1 aromatic carbocycles. The molecular formula is C21H17N3O6S. The summed E-state index contributed by atoms with van der Waals surface area (Å²) in [4.78, 5) is 35.2.